The quantitative estimate of drug-likeness (QED) is 0.721. The van der Waals surface area contributed by atoms with Crippen molar-refractivity contribution in [2.24, 2.45) is 0 Å². The second-order valence-electron chi connectivity index (χ2n) is 6.13. The predicted molar refractivity (Wildman–Crippen MR) is 92.6 cm³/mol. The van der Waals surface area contributed by atoms with Crippen LogP contribution in [0.4, 0.5) is 4.79 Å². The zero-order chi connectivity index (χ0) is 16.3. The number of ether oxygens (including phenoxy) is 1. The Morgan fingerprint density at radius 3 is 2.74 bits per heavy atom. The number of rotatable bonds is 8. The van der Waals surface area contributed by atoms with E-state index in [0.717, 1.165) is 52.1 Å². The van der Waals surface area contributed by atoms with Crippen LogP contribution in [0.2, 0.25) is 0 Å². The maximum absolute atomic E-state index is 11.9. The lowest BCUT2D eigenvalue weighted by Crippen LogP contribution is -2.42. The van der Waals surface area contributed by atoms with E-state index in [4.69, 9.17) is 4.74 Å². The molecule has 128 valence electrons. The van der Waals surface area contributed by atoms with Crippen LogP contribution in [0.1, 0.15) is 25.3 Å². The van der Waals surface area contributed by atoms with Crippen molar-refractivity contribution >= 4 is 6.03 Å². The second kappa shape index (κ2) is 10.2. The van der Waals surface area contributed by atoms with Gasteiger partial charge in [0.15, 0.2) is 0 Å². The third-order valence-electron chi connectivity index (χ3n) is 4.13. The first-order valence-electron chi connectivity index (χ1n) is 8.62. The van der Waals surface area contributed by atoms with Gasteiger partial charge in [0.25, 0.3) is 0 Å². The molecule has 1 aromatic rings. The Morgan fingerprint density at radius 2 is 2.00 bits per heavy atom. The van der Waals surface area contributed by atoms with E-state index in [0.29, 0.717) is 6.54 Å². The lowest BCUT2D eigenvalue weighted by Gasteiger charge is -2.26. The second-order valence-corrected chi connectivity index (χ2v) is 6.13. The molecule has 0 radical (unpaired) electrons. The summed E-state index contributed by atoms with van der Waals surface area (Å²) in [6.45, 7) is 7.45. The molecule has 0 spiro atoms. The molecular weight excluding hydrogens is 290 g/mol. The average molecular weight is 319 g/mol. The lowest BCUT2D eigenvalue weighted by molar-refractivity contribution is 0.0375. The van der Waals surface area contributed by atoms with Gasteiger partial charge >= 0.3 is 6.03 Å². The van der Waals surface area contributed by atoms with Crippen molar-refractivity contribution in [3.05, 3.63) is 35.9 Å². The van der Waals surface area contributed by atoms with Crippen LogP contribution < -0.4 is 10.6 Å². The summed E-state index contributed by atoms with van der Waals surface area (Å²) < 4.78 is 5.32. The maximum Gasteiger partial charge on any atom is 0.314 e. The fraction of sp³-hybridized carbons (Fsp3) is 0.611. The summed E-state index contributed by atoms with van der Waals surface area (Å²) >= 11 is 0. The summed E-state index contributed by atoms with van der Waals surface area (Å²) in [7, 11) is 0. The van der Waals surface area contributed by atoms with Crippen LogP contribution in [0.15, 0.2) is 30.3 Å². The first-order valence-corrected chi connectivity index (χ1v) is 8.62. The molecule has 23 heavy (non-hydrogen) atoms. The van der Waals surface area contributed by atoms with E-state index in [1.807, 2.05) is 6.07 Å². The molecule has 0 saturated carbocycles. The molecule has 1 heterocycles. The van der Waals surface area contributed by atoms with E-state index in [2.05, 4.69) is 46.7 Å². The van der Waals surface area contributed by atoms with Crippen LogP contribution in [-0.2, 0) is 11.2 Å². The molecule has 1 saturated heterocycles. The topological polar surface area (TPSA) is 53.6 Å². The third kappa shape index (κ3) is 7.48. The van der Waals surface area contributed by atoms with Gasteiger partial charge in [-0.2, -0.15) is 0 Å². The Bertz CT molecular complexity index is 447. The van der Waals surface area contributed by atoms with Gasteiger partial charge in [-0.05, 0) is 38.3 Å². The number of morpholine rings is 1. The minimum Gasteiger partial charge on any atom is -0.379 e. The van der Waals surface area contributed by atoms with Crippen molar-refractivity contribution in [2.45, 2.75) is 32.2 Å². The number of carbonyl (C=O) groups excluding carboxylic acids is 1. The number of hydrogen-bond donors (Lipinski definition) is 2. The number of nitrogens with one attached hydrogen (secondary N) is 2. The summed E-state index contributed by atoms with van der Waals surface area (Å²) in [6, 6.07) is 10.5. The maximum atomic E-state index is 11.9. The van der Waals surface area contributed by atoms with Gasteiger partial charge in [0.05, 0.1) is 13.2 Å². The zero-order valence-corrected chi connectivity index (χ0v) is 14.1. The minimum absolute atomic E-state index is 0.0625. The minimum atomic E-state index is -0.0625. The van der Waals surface area contributed by atoms with Crippen molar-refractivity contribution in [3.8, 4) is 0 Å². The molecule has 2 amide bonds. The van der Waals surface area contributed by atoms with E-state index in [9.17, 15) is 4.79 Å². The van der Waals surface area contributed by atoms with Gasteiger partial charge in [0.1, 0.15) is 0 Å². The number of urea groups is 1. The normalized spacial score (nSPS) is 16.7. The molecule has 0 bridgehead atoms. The Labute approximate surface area is 139 Å². The third-order valence-corrected chi connectivity index (χ3v) is 4.13. The summed E-state index contributed by atoms with van der Waals surface area (Å²) in [4.78, 5) is 14.2. The molecule has 1 unspecified atom stereocenters. The monoisotopic (exact) mass is 319 g/mol. The molecule has 1 fully saturated rings. The number of aryl methyl sites for hydroxylation is 1. The zero-order valence-electron chi connectivity index (χ0n) is 14.1. The molecule has 1 aliphatic heterocycles. The van der Waals surface area contributed by atoms with E-state index in [1.165, 1.54) is 5.56 Å². The van der Waals surface area contributed by atoms with E-state index in [-0.39, 0.29) is 12.1 Å². The largest absolute Gasteiger partial charge is 0.379 e. The molecule has 1 aliphatic rings. The highest BCUT2D eigenvalue weighted by Crippen LogP contribution is 2.04. The fourth-order valence-electron chi connectivity index (χ4n) is 2.70. The van der Waals surface area contributed by atoms with Crippen LogP contribution in [0.25, 0.3) is 0 Å². The van der Waals surface area contributed by atoms with Crippen molar-refractivity contribution in [1.29, 1.82) is 0 Å². The smallest absolute Gasteiger partial charge is 0.314 e. The number of nitrogens with zero attached hydrogens (tertiary/aromatic N) is 1. The van der Waals surface area contributed by atoms with Crippen LogP contribution >= 0.6 is 0 Å². The Kier molecular flexibility index (Phi) is 7.90. The molecule has 2 rings (SSSR count). The van der Waals surface area contributed by atoms with Gasteiger partial charge in [-0.3, -0.25) is 4.90 Å². The van der Waals surface area contributed by atoms with Crippen LogP contribution in [-0.4, -0.2) is 56.4 Å². The highest BCUT2D eigenvalue weighted by atomic mass is 16.5. The molecule has 5 nitrogen and oxygen atoms in total. The average Bonchev–Trinajstić information content (AvgIpc) is 2.59. The standard InChI is InChI=1S/C18H29N3O2/c1-16(8-9-17-6-3-2-4-7-17)20-18(22)19-10-5-11-21-12-14-23-15-13-21/h2-4,6-7,16H,5,8-15H2,1H3,(H2,19,20,22). The lowest BCUT2D eigenvalue weighted by atomic mass is 10.1. The van der Waals surface area contributed by atoms with Crippen molar-refractivity contribution in [3.63, 3.8) is 0 Å². The SMILES string of the molecule is CC(CCc1ccccc1)NC(=O)NCCCN1CCOCC1. The number of amides is 2. The van der Waals surface area contributed by atoms with Gasteiger partial charge < -0.3 is 15.4 Å². The molecule has 1 aromatic carbocycles. The van der Waals surface area contributed by atoms with Crippen LogP contribution in [0.5, 0.6) is 0 Å². The van der Waals surface area contributed by atoms with E-state index >= 15 is 0 Å². The molecule has 0 aromatic heterocycles. The number of benzene rings is 1. The molecular formula is C18H29N3O2. The summed E-state index contributed by atoms with van der Waals surface area (Å²) in [5.41, 5.74) is 1.31. The predicted octanol–water partition coefficient (Wildman–Crippen LogP) is 2.03. The van der Waals surface area contributed by atoms with Gasteiger partial charge in [-0.15, -0.1) is 0 Å². The summed E-state index contributed by atoms with van der Waals surface area (Å²) in [5, 5.41) is 5.95. The highest BCUT2D eigenvalue weighted by Gasteiger charge is 2.10. The Balaban J connectivity index is 1.51. The van der Waals surface area contributed by atoms with Gasteiger partial charge in [0, 0.05) is 25.7 Å². The molecule has 2 N–H and O–H groups in total. The first kappa shape index (κ1) is 17.8. The van der Waals surface area contributed by atoms with Crippen LogP contribution in [0.3, 0.4) is 0 Å². The number of carbonyl (C=O) groups is 1. The van der Waals surface area contributed by atoms with E-state index in [1.54, 1.807) is 0 Å². The van der Waals surface area contributed by atoms with Gasteiger partial charge in [-0.25, -0.2) is 4.79 Å². The van der Waals surface area contributed by atoms with Gasteiger partial charge in [-0.1, -0.05) is 30.3 Å². The number of hydrogen-bond acceptors (Lipinski definition) is 3. The van der Waals surface area contributed by atoms with Crippen LogP contribution in [0, 0.1) is 0 Å². The molecule has 1 atom stereocenters. The van der Waals surface area contributed by atoms with Crippen molar-refractivity contribution in [2.75, 3.05) is 39.4 Å². The summed E-state index contributed by atoms with van der Waals surface area (Å²) in [5.74, 6) is 0. The van der Waals surface area contributed by atoms with Crippen molar-refractivity contribution < 1.29 is 9.53 Å². The summed E-state index contributed by atoms with van der Waals surface area (Å²) in [6.07, 6.45) is 2.91. The van der Waals surface area contributed by atoms with Gasteiger partial charge in [0.2, 0.25) is 0 Å². The first-order chi connectivity index (χ1) is 11.2. The molecule has 0 aliphatic carbocycles. The fourth-order valence-corrected chi connectivity index (χ4v) is 2.70. The highest BCUT2D eigenvalue weighted by molar-refractivity contribution is 5.74. The Morgan fingerprint density at radius 1 is 1.26 bits per heavy atom. The molecule has 5 heteroatoms. The van der Waals surface area contributed by atoms with Crippen molar-refractivity contribution in [1.82, 2.24) is 15.5 Å². The Hall–Kier alpha value is -1.59. The van der Waals surface area contributed by atoms with E-state index < -0.39 is 0 Å².